The van der Waals surface area contributed by atoms with E-state index in [0.29, 0.717) is 12.0 Å². The van der Waals surface area contributed by atoms with E-state index in [2.05, 4.69) is 30.7 Å². The van der Waals surface area contributed by atoms with Crippen LogP contribution in [0.4, 0.5) is 0 Å². The van der Waals surface area contributed by atoms with Gasteiger partial charge in [-0.1, -0.05) is 0 Å². The highest BCUT2D eigenvalue weighted by molar-refractivity contribution is 5.83. The summed E-state index contributed by atoms with van der Waals surface area (Å²) in [4.78, 5) is 6.84. The van der Waals surface area contributed by atoms with Gasteiger partial charge in [0.25, 0.3) is 0 Å². The highest BCUT2D eigenvalue weighted by Crippen LogP contribution is 2.33. The van der Waals surface area contributed by atoms with Crippen LogP contribution in [0.5, 0.6) is 0 Å². The zero-order valence-electron chi connectivity index (χ0n) is 9.12. The first-order chi connectivity index (χ1) is 6.63. The molecule has 3 nitrogen and oxygen atoms in total. The second kappa shape index (κ2) is 3.39. The second-order valence-corrected chi connectivity index (χ2v) is 4.35. The number of rotatable bonds is 1. The third-order valence-electron chi connectivity index (χ3n) is 3.36. The van der Waals surface area contributed by atoms with E-state index in [1.165, 1.54) is 11.3 Å². The van der Waals surface area contributed by atoms with Gasteiger partial charge in [0, 0.05) is 24.8 Å². The van der Waals surface area contributed by atoms with Crippen LogP contribution in [0.3, 0.4) is 0 Å². The van der Waals surface area contributed by atoms with Crippen molar-refractivity contribution in [2.75, 3.05) is 13.2 Å². The summed E-state index contributed by atoms with van der Waals surface area (Å²) in [7, 11) is 0. The maximum Gasteiger partial charge on any atom is 0.101 e. The van der Waals surface area contributed by atoms with Gasteiger partial charge in [-0.25, -0.2) is 0 Å². The van der Waals surface area contributed by atoms with Crippen molar-refractivity contribution in [3.05, 3.63) is 11.3 Å². The van der Waals surface area contributed by atoms with E-state index >= 15 is 0 Å². The van der Waals surface area contributed by atoms with Crippen molar-refractivity contribution >= 4 is 5.84 Å². The van der Waals surface area contributed by atoms with Crippen molar-refractivity contribution in [2.24, 2.45) is 10.9 Å². The molecule has 78 valence electrons. The number of amidine groups is 1. The monoisotopic (exact) mass is 194 g/mol. The summed E-state index contributed by atoms with van der Waals surface area (Å²) in [6, 6.07) is 0.318. The largest absolute Gasteiger partial charge is 0.396 e. The molecule has 2 unspecified atom stereocenters. The SMILES string of the molecule is CC1=NC(C)C(C)=C2CC(CO)CN12. The van der Waals surface area contributed by atoms with Gasteiger partial charge < -0.3 is 10.0 Å². The lowest BCUT2D eigenvalue weighted by Gasteiger charge is -2.28. The molecule has 1 N–H and O–H groups in total. The van der Waals surface area contributed by atoms with E-state index in [4.69, 9.17) is 5.11 Å². The maximum atomic E-state index is 9.16. The minimum atomic E-state index is 0.287. The second-order valence-electron chi connectivity index (χ2n) is 4.35. The normalized spacial score (nSPS) is 32.0. The Morgan fingerprint density at radius 1 is 1.50 bits per heavy atom. The molecule has 0 amide bonds. The molecule has 0 aromatic heterocycles. The summed E-state index contributed by atoms with van der Waals surface area (Å²) >= 11 is 0. The smallest absolute Gasteiger partial charge is 0.101 e. The molecule has 2 atom stereocenters. The number of hydrogen-bond donors (Lipinski definition) is 1. The molecule has 2 rings (SSSR count). The van der Waals surface area contributed by atoms with Crippen LogP contribution >= 0.6 is 0 Å². The summed E-state index contributed by atoms with van der Waals surface area (Å²) in [6.07, 6.45) is 1.01. The van der Waals surface area contributed by atoms with E-state index in [9.17, 15) is 0 Å². The lowest BCUT2D eigenvalue weighted by atomic mass is 10.0. The molecule has 0 aromatic rings. The number of allylic oxidation sites excluding steroid dienone is 1. The number of hydrogen-bond acceptors (Lipinski definition) is 3. The quantitative estimate of drug-likeness (QED) is 0.685. The number of aliphatic hydroxyl groups is 1. The summed E-state index contributed by atoms with van der Waals surface area (Å²) in [6.45, 7) is 7.57. The van der Waals surface area contributed by atoms with Crippen molar-refractivity contribution < 1.29 is 5.11 Å². The van der Waals surface area contributed by atoms with Crippen LogP contribution in [0.25, 0.3) is 0 Å². The molecular formula is C11H18N2O. The average molecular weight is 194 g/mol. The number of fused-ring (bicyclic) bond motifs is 1. The summed E-state index contributed by atoms with van der Waals surface area (Å²) in [5.41, 5.74) is 2.76. The van der Waals surface area contributed by atoms with Gasteiger partial charge in [-0.05, 0) is 32.8 Å². The molecule has 0 bridgehead atoms. The van der Waals surface area contributed by atoms with E-state index in [1.807, 2.05) is 0 Å². The molecule has 0 spiro atoms. The van der Waals surface area contributed by atoms with Crippen molar-refractivity contribution in [3.8, 4) is 0 Å². The highest BCUT2D eigenvalue weighted by Gasteiger charge is 2.32. The van der Waals surface area contributed by atoms with Crippen molar-refractivity contribution in [2.45, 2.75) is 33.2 Å². The van der Waals surface area contributed by atoms with E-state index in [0.717, 1.165) is 18.8 Å². The first-order valence-corrected chi connectivity index (χ1v) is 5.26. The molecular weight excluding hydrogens is 176 g/mol. The molecule has 0 saturated carbocycles. The predicted octanol–water partition coefficient (Wildman–Crippen LogP) is 1.40. The van der Waals surface area contributed by atoms with Gasteiger partial charge in [-0.2, -0.15) is 0 Å². The van der Waals surface area contributed by atoms with Gasteiger partial charge in [-0.15, -0.1) is 0 Å². The van der Waals surface area contributed by atoms with E-state index in [-0.39, 0.29) is 6.61 Å². The highest BCUT2D eigenvalue weighted by atomic mass is 16.3. The minimum Gasteiger partial charge on any atom is -0.396 e. The van der Waals surface area contributed by atoms with Crippen LogP contribution in [0.1, 0.15) is 27.2 Å². The Balaban J connectivity index is 2.30. The molecule has 14 heavy (non-hydrogen) atoms. The Bertz CT molecular complexity index is 306. The van der Waals surface area contributed by atoms with Crippen LogP contribution in [0.15, 0.2) is 16.3 Å². The number of aliphatic hydroxyl groups excluding tert-OH is 1. The van der Waals surface area contributed by atoms with Gasteiger partial charge in [0.15, 0.2) is 0 Å². The fourth-order valence-corrected chi connectivity index (χ4v) is 2.33. The molecule has 0 aromatic carbocycles. The molecule has 1 fully saturated rings. The first-order valence-electron chi connectivity index (χ1n) is 5.26. The zero-order valence-corrected chi connectivity index (χ0v) is 9.12. The Kier molecular flexibility index (Phi) is 2.35. The standard InChI is InChI=1S/C11H18N2O/c1-7-8(2)12-9(3)13-5-10(6-14)4-11(7)13/h8,10,14H,4-6H2,1-3H3. The van der Waals surface area contributed by atoms with Crippen molar-refractivity contribution in [3.63, 3.8) is 0 Å². The third-order valence-corrected chi connectivity index (χ3v) is 3.36. The van der Waals surface area contributed by atoms with Gasteiger partial charge in [0.1, 0.15) is 5.84 Å². The number of nitrogens with zero attached hydrogens (tertiary/aromatic N) is 2. The molecule has 2 aliphatic rings. The Hall–Kier alpha value is -0.830. The lowest BCUT2D eigenvalue weighted by molar-refractivity contribution is 0.232. The van der Waals surface area contributed by atoms with E-state index < -0.39 is 0 Å². The summed E-state index contributed by atoms with van der Waals surface area (Å²) < 4.78 is 0. The van der Waals surface area contributed by atoms with Gasteiger partial charge in [0.05, 0.1) is 6.04 Å². The van der Waals surface area contributed by atoms with Crippen molar-refractivity contribution in [1.82, 2.24) is 4.90 Å². The van der Waals surface area contributed by atoms with E-state index in [1.54, 1.807) is 0 Å². The van der Waals surface area contributed by atoms with Crippen LogP contribution in [0, 0.1) is 5.92 Å². The van der Waals surface area contributed by atoms with Crippen molar-refractivity contribution in [1.29, 1.82) is 0 Å². The summed E-state index contributed by atoms with van der Waals surface area (Å²) in [5, 5.41) is 9.16. The van der Waals surface area contributed by atoms with Gasteiger partial charge >= 0.3 is 0 Å². The molecule has 2 heterocycles. The van der Waals surface area contributed by atoms with Gasteiger partial charge in [-0.3, -0.25) is 4.99 Å². The maximum absolute atomic E-state index is 9.16. The molecule has 2 aliphatic heterocycles. The molecule has 1 saturated heterocycles. The molecule has 3 heteroatoms. The van der Waals surface area contributed by atoms with Crippen LogP contribution in [-0.2, 0) is 0 Å². The van der Waals surface area contributed by atoms with Crippen LogP contribution < -0.4 is 0 Å². The first kappa shape index (κ1) is 9.71. The molecule has 0 aliphatic carbocycles. The average Bonchev–Trinajstić information content (AvgIpc) is 2.58. The van der Waals surface area contributed by atoms with Crippen LogP contribution in [-0.4, -0.2) is 35.0 Å². The molecule has 0 radical (unpaired) electrons. The Morgan fingerprint density at radius 2 is 2.21 bits per heavy atom. The fourth-order valence-electron chi connectivity index (χ4n) is 2.33. The third kappa shape index (κ3) is 1.36. The Morgan fingerprint density at radius 3 is 2.86 bits per heavy atom. The van der Waals surface area contributed by atoms with Crippen LogP contribution in [0.2, 0.25) is 0 Å². The summed E-state index contributed by atoms with van der Waals surface area (Å²) in [5.74, 6) is 1.50. The number of aliphatic imine (C=N–C) groups is 1. The topological polar surface area (TPSA) is 35.8 Å². The minimum absolute atomic E-state index is 0.287. The lowest BCUT2D eigenvalue weighted by Crippen LogP contribution is -2.31. The zero-order chi connectivity index (χ0) is 10.3. The van der Waals surface area contributed by atoms with Gasteiger partial charge in [0.2, 0.25) is 0 Å². The predicted molar refractivity (Wildman–Crippen MR) is 57.2 cm³/mol. The fraction of sp³-hybridized carbons (Fsp3) is 0.727. The Labute approximate surface area is 85.1 Å².